The highest BCUT2D eigenvalue weighted by atomic mass is 16.5. The summed E-state index contributed by atoms with van der Waals surface area (Å²) < 4.78 is 10.1. The fourth-order valence-electron chi connectivity index (χ4n) is 1.44. The molecule has 0 aliphatic rings. The van der Waals surface area contributed by atoms with Crippen LogP contribution < -0.4 is 10.5 Å². The number of hydrogen-bond acceptors (Lipinski definition) is 5. The van der Waals surface area contributed by atoms with Crippen molar-refractivity contribution in [2.75, 3.05) is 12.8 Å². The van der Waals surface area contributed by atoms with Crippen LogP contribution in [0.2, 0.25) is 0 Å². The Labute approximate surface area is 104 Å². The van der Waals surface area contributed by atoms with Crippen LogP contribution in [-0.4, -0.2) is 23.3 Å². The lowest BCUT2D eigenvalue weighted by Gasteiger charge is -2.07. The Hall–Kier alpha value is -2.50. The van der Waals surface area contributed by atoms with Gasteiger partial charge in [0.15, 0.2) is 5.75 Å². The van der Waals surface area contributed by atoms with Gasteiger partial charge in [0.25, 0.3) is 0 Å². The predicted octanol–water partition coefficient (Wildman–Crippen LogP) is 1.88. The summed E-state index contributed by atoms with van der Waals surface area (Å²) in [5, 5.41) is 6.69. The maximum Gasteiger partial charge on any atom is 0.337 e. The number of nitrogens with one attached hydrogen (secondary N) is 1. The molecule has 0 unspecified atom stereocenters. The number of hydrogen-bond donors (Lipinski definition) is 2. The molecule has 0 saturated heterocycles. The maximum absolute atomic E-state index is 11.3. The first-order valence-electron chi connectivity index (χ1n) is 5.28. The third-order valence-electron chi connectivity index (χ3n) is 2.33. The number of carbonyl (C=O) groups is 1. The number of esters is 1. The molecule has 6 heteroatoms. The summed E-state index contributed by atoms with van der Waals surface area (Å²) in [6, 6.07) is 6.43. The molecule has 0 atom stereocenters. The van der Waals surface area contributed by atoms with Gasteiger partial charge in [-0.15, -0.1) is 5.10 Å². The van der Waals surface area contributed by atoms with E-state index in [1.807, 2.05) is 6.92 Å². The molecule has 1 heterocycles. The van der Waals surface area contributed by atoms with Gasteiger partial charge in [0.05, 0.1) is 18.4 Å². The number of nitrogens with two attached hydrogens (primary N) is 1. The van der Waals surface area contributed by atoms with E-state index in [1.54, 1.807) is 18.2 Å². The fraction of sp³-hybridized carbons (Fsp3) is 0.167. The monoisotopic (exact) mass is 247 g/mol. The third kappa shape index (κ3) is 2.42. The first kappa shape index (κ1) is 12.0. The Morgan fingerprint density at radius 1 is 1.39 bits per heavy atom. The van der Waals surface area contributed by atoms with Crippen molar-refractivity contribution in [3.8, 4) is 11.6 Å². The molecule has 18 heavy (non-hydrogen) atoms. The quantitative estimate of drug-likeness (QED) is 0.638. The van der Waals surface area contributed by atoms with Crippen LogP contribution in [0.4, 0.5) is 5.69 Å². The first-order chi connectivity index (χ1) is 8.60. The van der Waals surface area contributed by atoms with Crippen molar-refractivity contribution in [1.82, 2.24) is 10.2 Å². The molecule has 0 spiro atoms. The molecule has 0 amide bonds. The van der Waals surface area contributed by atoms with E-state index in [0.717, 1.165) is 5.69 Å². The highest BCUT2D eigenvalue weighted by molar-refractivity contribution is 5.90. The van der Waals surface area contributed by atoms with E-state index in [4.69, 9.17) is 10.5 Å². The SMILES string of the molecule is COC(=O)c1ccc(Oc2cc(C)[nH]n2)c(N)c1. The number of methoxy groups -OCH3 is 1. The van der Waals surface area contributed by atoms with Gasteiger partial charge in [0.2, 0.25) is 5.88 Å². The average molecular weight is 247 g/mol. The molecule has 6 nitrogen and oxygen atoms in total. The number of carbonyl (C=O) groups excluding carboxylic acids is 1. The van der Waals surface area contributed by atoms with Crippen LogP contribution in [0.25, 0.3) is 0 Å². The van der Waals surface area contributed by atoms with E-state index in [-0.39, 0.29) is 0 Å². The van der Waals surface area contributed by atoms with Crippen molar-refractivity contribution in [2.24, 2.45) is 0 Å². The van der Waals surface area contributed by atoms with Crippen LogP contribution in [-0.2, 0) is 4.74 Å². The number of anilines is 1. The number of nitrogens with zero attached hydrogens (tertiary/aromatic N) is 1. The summed E-state index contributed by atoms with van der Waals surface area (Å²) in [6.07, 6.45) is 0. The zero-order valence-electron chi connectivity index (χ0n) is 10.1. The molecular weight excluding hydrogens is 234 g/mol. The maximum atomic E-state index is 11.3. The van der Waals surface area contributed by atoms with Crippen molar-refractivity contribution >= 4 is 11.7 Å². The second-order valence-corrected chi connectivity index (χ2v) is 3.74. The molecule has 94 valence electrons. The second kappa shape index (κ2) is 4.79. The minimum atomic E-state index is -0.441. The minimum absolute atomic E-state index is 0.346. The molecule has 3 N–H and O–H groups in total. The summed E-state index contributed by atoms with van der Waals surface area (Å²) in [4.78, 5) is 11.3. The molecule has 2 aromatic rings. The Morgan fingerprint density at radius 3 is 2.72 bits per heavy atom. The highest BCUT2D eigenvalue weighted by Crippen LogP contribution is 2.27. The van der Waals surface area contributed by atoms with E-state index in [9.17, 15) is 4.79 Å². The zero-order valence-corrected chi connectivity index (χ0v) is 10.1. The molecule has 1 aromatic heterocycles. The minimum Gasteiger partial charge on any atom is -0.465 e. The molecule has 2 rings (SSSR count). The van der Waals surface area contributed by atoms with Gasteiger partial charge in [-0.1, -0.05) is 0 Å². The highest BCUT2D eigenvalue weighted by Gasteiger charge is 2.10. The Bertz CT molecular complexity index is 578. The van der Waals surface area contributed by atoms with Gasteiger partial charge >= 0.3 is 5.97 Å². The number of nitrogen functional groups attached to an aromatic ring is 1. The summed E-state index contributed by atoms with van der Waals surface area (Å²) in [7, 11) is 1.31. The van der Waals surface area contributed by atoms with Crippen LogP contribution in [0.1, 0.15) is 16.1 Å². The van der Waals surface area contributed by atoms with E-state index in [0.29, 0.717) is 22.9 Å². The number of aryl methyl sites for hydroxylation is 1. The smallest absolute Gasteiger partial charge is 0.337 e. The lowest BCUT2D eigenvalue weighted by molar-refractivity contribution is 0.0601. The standard InChI is InChI=1S/C12H13N3O3/c1-7-5-11(15-14-7)18-10-4-3-8(6-9(10)13)12(16)17-2/h3-6H,13H2,1-2H3,(H,14,15). The summed E-state index contributed by atoms with van der Waals surface area (Å²) in [6.45, 7) is 1.86. The summed E-state index contributed by atoms with van der Waals surface area (Å²) >= 11 is 0. The van der Waals surface area contributed by atoms with Crippen molar-refractivity contribution in [3.05, 3.63) is 35.5 Å². The van der Waals surface area contributed by atoms with Crippen LogP contribution in [0.5, 0.6) is 11.6 Å². The largest absolute Gasteiger partial charge is 0.465 e. The molecule has 0 radical (unpaired) electrons. The van der Waals surface area contributed by atoms with E-state index in [1.165, 1.54) is 13.2 Å². The molecular formula is C12H13N3O3. The topological polar surface area (TPSA) is 90.2 Å². The molecule has 0 saturated carbocycles. The molecule has 0 aliphatic carbocycles. The van der Waals surface area contributed by atoms with Crippen molar-refractivity contribution in [2.45, 2.75) is 6.92 Å². The lowest BCUT2D eigenvalue weighted by Crippen LogP contribution is -2.02. The van der Waals surface area contributed by atoms with Crippen LogP contribution in [0.15, 0.2) is 24.3 Å². The molecule has 0 bridgehead atoms. The van der Waals surface area contributed by atoms with E-state index in [2.05, 4.69) is 14.9 Å². The Kier molecular flexibility index (Phi) is 3.18. The van der Waals surface area contributed by atoms with Gasteiger partial charge < -0.3 is 15.2 Å². The van der Waals surface area contributed by atoms with Gasteiger partial charge in [-0.3, -0.25) is 5.10 Å². The first-order valence-corrected chi connectivity index (χ1v) is 5.28. The van der Waals surface area contributed by atoms with Gasteiger partial charge in [-0.2, -0.15) is 0 Å². The average Bonchev–Trinajstić information content (AvgIpc) is 2.76. The number of benzene rings is 1. The van der Waals surface area contributed by atoms with E-state index < -0.39 is 5.97 Å². The number of H-pyrrole nitrogens is 1. The van der Waals surface area contributed by atoms with Crippen LogP contribution in [0.3, 0.4) is 0 Å². The molecule has 0 aliphatic heterocycles. The normalized spacial score (nSPS) is 10.1. The Morgan fingerprint density at radius 2 is 2.17 bits per heavy atom. The number of aromatic nitrogens is 2. The second-order valence-electron chi connectivity index (χ2n) is 3.74. The molecule has 1 aromatic carbocycles. The predicted molar refractivity (Wildman–Crippen MR) is 65.6 cm³/mol. The van der Waals surface area contributed by atoms with Crippen molar-refractivity contribution in [1.29, 1.82) is 0 Å². The third-order valence-corrected chi connectivity index (χ3v) is 2.33. The number of ether oxygens (including phenoxy) is 2. The lowest BCUT2D eigenvalue weighted by atomic mass is 10.2. The van der Waals surface area contributed by atoms with Crippen molar-refractivity contribution < 1.29 is 14.3 Å². The van der Waals surface area contributed by atoms with Crippen LogP contribution in [0, 0.1) is 6.92 Å². The van der Waals surface area contributed by atoms with Gasteiger partial charge in [-0.25, -0.2) is 4.79 Å². The van der Waals surface area contributed by atoms with E-state index >= 15 is 0 Å². The number of aromatic amines is 1. The summed E-state index contributed by atoms with van der Waals surface area (Å²) in [5.41, 5.74) is 7.40. The van der Waals surface area contributed by atoms with Gasteiger partial charge in [0, 0.05) is 11.8 Å². The number of rotatable bonds is 3. The summed E-state index contributed by atoms with van der Waals surface area (Å²) in [5.74, 6) is 0.419. The zero-order chi connectivity index (χ0) is 13.1. The van der Waals surface area contributed by atoms with Crippen LogP contribution >= 0.6 is 0 Å². The molecule has 0 fully saturated rings. The van der Waals surface area contributed by atoms with Gasteiger partial charge in [-0.05, 0) is 25.1 Å². The Balaban J connectivity index is 2.22. The van der Waals surface area contributed by atoms with Gasteiger partial charge in [0.1, 0.15) is 0 Å². The fourth-order valence-corrected chi connectivity index (χ4v) is 1.44. The van der Waals surface area contributed by atoms with Crippen molar-refractivity contribution in [3.63, 3.8) is 0 Å².